The largest absolute Gasteiger partial charge is 0.371 e. The fraction of sp³-hybridized carbons (Fsp3) is 0.522. The predicted molar refractivity (Wildman–Crippen MR) is 111 cm³/mol. The van der Waals surface area contributed by atoms with Crippen molar-refractivity contribution in [2.24, 2.45) is 11.8 Å². The van der Waals surface area contributed by atoms with E-state index < -0.39 is 6.04 Å². The van der Waals surface area contributed by atoms with E-state index in [0.717, 1.165) is 18.7 Å². The fourth-order valence-corrected chi connectivity index (χ4v) is 4.88. The van der Waals surface area contributed by atoms with Crippen LogP contribution < -0.4 is 4.90 Å². The molecule has 1 aromatic carbocycles. The number of allylic oxidation sites excluding steroid dienone is 2. The van der Waals surface area contributed by atoms with Gasteiger partial charge in [-0.15, -0.1) is 0 Å². The highest BCUT2D eigenvalue weighted by molar-refractivity contribution is 6.08. The van der Waals surface area contributed by atoms with Crippen molar-refractivity contribution in [3.63, 3.8) is 0 Å². The number of carbonyl (C=O) groups excluding carboxylic acids is 3. The Morgan fingerprint density at radius 3 is 2.28 bits per heavy atom. The molecule has 6 nitrogen and oxygen atoms in total. The quantitative estimate of drug-likeness (QED) is 0.568. The summed E-state index contributed by atoms with van der Waals surface area (Å²) in [5.74, 6) is -1.20. The van der Waals surface area contributed by atoms with Crippen molar-refractivity contribution in [3.05, 3.63) is 42.0 Å². The molecular formula is C23H29N3O3. The van der Waals surface area contributed by atoms with Gasteiger partial charge in [0.15, 0.2) is 0 Å². The first-order chi connectivity index (χ1) is 14.0. The van der Waals surface area contributed by atoms with E-state index in [2.05, 4.69) is 17.0 Å². The Balaban J connectivity index is 1.47. The van der Waals surface area contributed by atoms with Gasteiger partial charge in [-0.25, -0.2) is 0 Å². The van der Waals surface area contributed by atoms with Crippen molar-refractivity contribution in [2.75, 3.05) is 25.0 Å². The van der Waals surface area contributed by atoms with E-state index in [1.165, 1.54) is 23.4 Å². The zero-order valence-corrected chi connectivity index (χ0v) is 17.2. The molecule has 4 rings (SSSR count). The molecule has 0 saturated carbocycles. The van der Waals surface area contributed by atoms with Crippen molar-refractivity contribution in [1.29, 1.82) is 0 Å². The van der Waals surface area contributed by atoms with Crippen LogP contribution in [-0.2, 0) is 20.9 Å². The number of benzene rings is 1. The summed E-state index contributed by atoms with van der Waals surface area (Å²) in [6, 6.07) is 7.40. The Morgan fingerprint density at radius 1 is 1.07 bits per heavy atom. The molecule has 29 heavy (non-hydrogen) atoms. The standard InChI is InChI=1S/C23H29N3O3/c1-16(26-22(28)18-10-4-5-11-19(18)23(26)29)21(27)24(2)15-17-9-3-6-12-20(17)25-13-7-8-14-25/h3-6,9,12,16,18-19H,7-8,10-11,13-15H2,1-2H3/t16-,18-,19-/m1/s1. The molecule has 2 saturated heterocycles. The Labute approximate surface area is 172 Å². The molecule has 0 aromatic heterocycles. The number of likely N-dealkylation sites (N-methyl/N-ethyl adjacent to an activating group) is 1. The molecule has 0 unspecified atom stereocenters. The number of carbonyl (C=O) groups is 3. The van der Waals surface area contributed by atoms with Gasteiger partial charge in [-0.1, -0.05) is 30.4 Å². The van der Waals surface area contributed by atoms with Gasteiger partial charge in [0.1, 0.15) is 6.04 Å². The van der Waals surface area contributed by atoms with Crippen LogP contribution in [0.3, 0.4) is 0 Å². The smallest absolute Gasteiger partial charge is 0.245 e. The number of rotatable bonds is 5. The van der Waals surface area contributed by atoms with Crippen LogP contribution in [0.25, 0.3) is 0 Å². The molecule has 3 atom stereocenters. The number of likely N-dealkylation sites (tertiary alicyclic amines) is 1. The first-order valence-electron chi connectivity index (χ1n) is 10.6. The van der Waals surface area contributed by atoms with Crippen LogP contribution in [0.5, 0.6) is 0 Å². The van der Waals surface area contributed by atoms with E-state index in [1.54, 1.807) is 18.9 Å². The Hall–Kier alpha value is -2.63. The first-order valence-corrected chi connectivity index (χ1v) is 10.6. The summed E-state index contributed by atoms with van der Waals surface area (Å²) in [5, 5.41) is 0. The third-order valence-electron chi connectivity index (χ3n) is 6.51. The van der Waals surface area contributed by atoms with Crippen LogP contribution in [0, 0.1) is 11.8 Å². The highest BCUT2D eigenvalue weighted by atomic mass is 16.2. The second kappa shape index (κ2) is 8.01. The van der Waals surface area contributed by atoms with Crippen LogP contribution >= 0.6 is 0 Å². The van der Waals surface area contributed by atoms with Crippen molar-refractivity contribution in [3.8, 4) is 0 Å². The Kier molecular flexibility index (Phi) is 5.43. The average Bonchev–Trinajstić information content (AvgIpc) is 3.35. The van der Waals surface area contributed by atoms with Gasteiger partial charge < -0.3 is 9.80 Å². The third-order valence-corrected chi connectivity index (χ3v) is 6.51. The molecule has 0 N–H and O–H groups in total. The summed E-state index contributed by atoms with van der Waals surface area (Å²) < 4.78 is 0. The molecule has 2 fully saturated rings. The maximum atomic E-state index is 13.1. The van der Waals surface area contributed by atoms with Gasteiger partial charge in [0, 0.05) is 32.4 Å². The van der Waals surface area contributed by atoms with Gasteiger partial charge in [0.2, 0.25) is 17.7 Å². The van der Waals surface area contributed by atoms with E-state index in [9.17, 15) is 14.4 Å². The minimum absolute atomic E-state index is 0.198. The molecule has 6 heteroatoms. The van der Waals surface area contributed by atoms with Gasteiger partial charge in [0.05, 0.1) is 11.8 Å². The Morgan fingerprint density at radius 2 is 1.66 bits per heavy atom. The number of anilines is 1. The molecule has 0 spiro atoms. The van der Waals surface area contributed by atoms with E-state index in [4.69, 9.17) is 0 Å². The molecule has 2 aliphatic heterocycles. The second-order valence-corrected chi connectivity index (χ2v) is 8.40. The zero-order valence-electron chi connectivity index (χ0n) is 17.2. The summed E-state index contributed by atoms with van der Waals surface area (Å²) in [5.41, 5.74) is 2.26. The summed E-state index contributed by atoms with van der Waals surface area (Å²) >= 11 is 0. The maximum Gasteiger partial charge on any atom is 0.245 e. The van der Waals surface area contributed by atoms with Crippen molar-refractivity contribution >= 4 is 23.4 Å². The number of nitrogens with zero attached hydrogens (tertiary/aromatic N) is 3. The molecule has 0 radical (unpaired) electrons. The number of fused-ring (bicyclic) bond motifs is 1. The topological polar surface area (TPSA) is 60.9 Å². The minimum atomic E-state index is -0.774. The third kappa shape index (κ3) is 3.56. The molecule has 2 heterocycles. The molecule has 1 aromatic rings. The molecule has 1 aliphatic carbocycles. The predicted octanol–water partition coefficient (Wildman–Crippen LogP) is 2.58. The van der Waals surface area contributed by atoms with Gasteiger partial charge in [-0.3, -0.25) is 19.3 Å². The first kappa shape index (κ1) is 19.7. The van der Waals surface area contributed by atoms with E-state index in [1.807, 2.05) is 24.3 Å². The zero-order chi connectivity index (χ0) is 20.5. The fourth-order valence-electron chi connectivity index (χ4n) is 4.88. The molecule has 0 bridgehead atoms. The van der Waals surface area contributed by atoms with Gasteiger partial charge in [-0.2, -0.15) is 0 Å². The minimum Gasteiger partial charge on any atom is -0.371 e. The molecule has 3 aliphatic rings. The lowest BCUT2D eigenvalue weighted by Crippen LogP contribution is -2.48. The van der Waals surface area contributed by atoms with Crippen LogP contribution in [0.2, 0.25) is 0 Å². The van der Waals surface area contributed by atoms with E-state index in [-0.39, 0.29) is 29.6 Å². The van der Waals surface area contributed by atoms with Crippen molar-refractivity contribution < 1.29 is 14.4 Å². The lowest BCUT2D eigenvalue weighted by Gasteiger charge is -2.29. The molecular weight excluding hydrogens is 366 g/mol. The SMILES string of the molecule is C[C@H](C(=O)N(C)Cc1ccccc1N1CCCC1)N1C(=O)[C@@H]2CC=CC[C@H]2C1=O. The number of para-hydroxylation sites is 1. The molecule has 154 valence electrons. The lowest BCUT2D eigenvalue weighted by molar-refractivity contribution is -0.150. The highest BCUT2D eigenvalue weighted by Crippen LogP contribution is 2.36. The lowest BCUT2D eigenvalue weighted by atomic mass is 9.85. The van der Waals surface area contributed by atoms with Crippen LogP contribution in [0.1, 0.15) is 38.2 Å². The number of amides is 3. The highest BCUT2D eigenvalue weighted by Gasteiger charge is 2.50. The van der Waals surface area contributed by atoms with Crippen molar-refractivity contribution in [2.45, 2.75) is 45.2 Å². The number of hydrogen-bond donors (Lipinski definition) is 0. The number of hydrogen-bond acceptors (Lipinski definition) is 4. The van der Waals surface area contributed by atoms with E-state index in [0.29, 0.717) is 19.4 Å². The van der Waals surface area contributed by atoms with Crippen LogP contribution in [0.15, 0.2) is 36.4 Å². The summed E-state index contributed by atoms with van der Waals surface area (Å²) in [6.45, 7) is 4.21. The van der Waals surface area contributed by atoms with E-state index >= 15 is 0 Å². The van der Waals surface area contributed by atoms with Gasteiger partial charge in [-0.05, 0) is 44.2 Å². The monoisotopic (exact) mass is 395 g/mol. The normalized spacial score (nSPS) is 24.8. The van der Waals surface area contributed by atoms with Gasteiger partial charge >= 0.3 is 0 Å². The van der Waals surface area contributed by atoms with Gasteiger partial charge in [0.25, 0.3) is 0 Å². The van der Waals surface area contributed by atoms with Crippen LogP contribution in [0.4, 0.5) is 5.69 Å². The summed E-state index contributed by atoms with van der Waals surface area (Å²) in [6.07, 6.45) is 7.48. The summed E-state index contributed by atoms with van der Waals surface area (Å²) in [4.78, 5) is 43.9. The maximum absolute atomic E-state index is 13.1. The van der Waals surface area contributed by atoms with Crippen molar-refractivity contribution in [1.82, 2.24) is 9.80 Å². The Bertz CT molecular complexity index is 818. The molecule has 3 amide bonds. The van der Waals surface area contributed by atoms with Crippen LogP contribution in [-0.4, -0.2) is 53.7 Å². The number of imide groups is 1. The second-order valence-electron chi connectivity index (χ2n) is 8.40. The average molecular weight is 396 g/mol. The summed E-state index contributed by atoms with van der Waals surface area (Å²) in [7, 11) is 1.75.